The Kier molecular flexibility index (Phi) is 8.30. The Balaban J connectivity index is 1.46. The molecule has 1 amide bonds. The van der Waals surface area contributed by atoms with Crippen LogP contribution in [0.1, 0.15) is 22.2 Å². The molecule has 0 radical (unpaired) electrons. The highest BCUT2D eigenvalue weighted by Gasteiger charge is 2.41. The smallest absolute Gasteiger partial charge is 0.327 e. The number of H-pyrrole nitrogens is 1. The molecule has 2 atom stereocenters. The van der Waals surface area contributed by atoms with E-state index in [1.54, 1.807) is 60.6 Å². The Hall–Kier alpha value is -4.26. The summed E-state index contributed by atoms with van der Waals surface area (Å²) in [5, 5.41) is 20.2. The molecule has 5 rings (SSSR count). The highest BCUT2D eigenvalue weighted by molar-refractivity contribution is 7.91. The van der Waals surface area contributed by atoms with Crippen LogP contribution in [0.4, 0.5) is 0 Å². The van der Waals surface area contributed by atoms with E-state index in [2.05, 4.69) is 15.3 Å². The van der Waals surface area contributed by atoms with Crippen molar-refractivity contribution in [3.05, 3.63) is 94.8 Å². The van der Waals surface area contributed by atoms with Gasteiger partial charge in [0.25, 0.3) is 0 Å². The predicted molar refractivity (Wildman–Crippen MR) is 158 cm³/mol. The van der Waals surface area contributed by atoms with E-state index in [9.17, 15) is 23.1 Å². The van der Waals surface area contributed by atoms with Gasteiger partial charge in [0.05, 0.1) is 6.54 Å². The van der Waals surface area contributed by atoms with E-state index < -0.39 is 33.1 Å². The van der Waals surface area contributed by atoms with Gasteiger partial charge in [-0.15, -0.1) is 0 Å². The Morgan fingerprint density at radius 2 is 1.95 bits per heavy atom. The van der Waals surface area contributed by atoms with Crippen molar-refractivity contribution < 1.29 is 23.1 Å². The summed E-state index contributed by atoms with van der Waals surface area (Å²) in [6.07, 6.45) is 2.37. The number of rotatable bonds is 9. The number of piperazine rings is 1. The molecule has 1 unspecified atom stereocenters. The number of nitrogens with one attached hydrogen (secondary N) is 3. The number of hydrogen-bond acceptors (Lipinski definition) is 7. The molecule has 11 nitrogen and oxygen atoms in total. The monoisotopic (exact) mass is 608 g/mol. The first-order valence-electron chi connectivity index (χ1n) is 13.1. The number of halogens is 1. The molecule has 0 saturated carbocycles. The number of amides is 1. The van der Waals surface area contributed by atoms with E-state index in [0.29, 0.717) is 40.0 Å². The normalized spacial score (nSPS) is 16.6. The Morgan fingerprint density at radius 1 is 1.19 bits per heavy atom. The predicted octanol–water partition coefficient (Wildman–Crippen LogP) is 3.07. The molecule has 1 fully saturated rings. The number of hydrogen-bond donors (Lipinski definition) is 4. The number of aromatic nitrogens is 2. The average Bonchev–Trinajstić information content (AvgIpc) is 3.40. The summed E-state index contributed by atoms with van der Waals surface area (Å²) in [7, 11) is -2.41. The van der Waals surface area contributed by atoms with Crippen LogP contribution in [0.5, 0.6) is 0 Å². The van der Waals surface area contributed by atoms with Crippen molar-refractivity contribution in [1.82, 2.24) is 25.1 Å². The first kappa shape index (κ1) is 29.2. The van der Waals surface area contributed by atoms with Crippen LogP contribution >= 0.6 is 11.6 Å². The zero-order valence-electron chi connectivity index (χ0n) is 22.6. The molecule has 2 aromatic carbocycles. The molecule has 2 aromatic heterocycles. The van der Waals surface area contributed by atoms with Crippen LogP contribution < -0.4 is 5.32 Å². The van der Waals surface area contributed by atoms with E-state index in [0.717, 1.165) is 5.69 Å². The van der Waals surface area contributed by atoms with Crippen molar-refractivity contribution in [2.75, 3.05) is 26.7 Å². The standard InChI is InChI=1S/C29H29ClN6O5S/c1-35(13-11-22-4-2-3-12-32-22)27(31)18-5-7-19(8-6-18)28(36-16-24(29(38)39)33-25(37)17-36)42(40,41)26-15-20-14-21(30)9-10-23(20)34-26/h2-10,12,14-15,24,28,31,34H,11,13,16-17H2,1H3,(H,33,37)(H,38,39)/t24-,28?/m1/s1. The van der Waals surface area contributed by atoms with E-state index in [4.69, 9.17) is 17.0 Å². The molecule has 0 aliphatic carbocycles. The maximum absolute atomic E-state index is 14.2. The summed E-state index contributed by atoms with van der Waals surface area (Å²) in [5.41, 5.74) is 2.37. The zero-order valence-corrected chi connectivity index (χ0v) is 24.2. The lowest BCUT2D eigenvalue weighted by Crippen LogP contribution is -2.58. The topological polar surface area (TPSA) is 160 Å². The van der Waals surface area contributed by atoms with Crippen LogP contribution in [0.3, 0.4) is 0 Å². The number of carbonyl (C=O) groups excluding carboxylic acids is 1. The number of aliphatic carboxylic acids is 1. The van der Waals surface area contributed by atoms with Crippen molar-refractivity contribution >= 4 is 50.1 Å². The van der Waals surface area contributed by atoms with Gasteiger partial charge < -0.3 is 20.3 Å². The minimum Gasteiger partial charge on any atom is -0.480 e. The molecule has 1 aliphatic rings. The number of carboxylic acids is 1. The van der Waals surface area contributed by atoms with E-state index in [1.165, 1.54) is 11.0 Å². The third kappa shape index (κ3) is 6.15. The fourth-order valence-electron chi connectivity index (χ4n) is 4.99. The molecule has 42 heavy (non-hydrogen) atoms. The Bertz CT molecular complexity index is 1740. The molecule has 4 N–H and O–H groups in total. The van der Waals surface area contributed by atoms with Gasteiger partial charge in [-0.25, -0.2) is 13.2 Å². The van der Waals surface area contributed by atoms with Crippen molar-refractivity contribution in [2.24, 2.45) is 0 Å². The van der Waals surface area contributed by atoms with Crippen molar-refractivity contribution in [1.29, 1.82) is 5.41 Å². The van der Waals surface area contributed by atoms with Crippen LogP contribution in [-0.4, -0.2) is 83.7 Å². The second kappa shape index (κ2) is 11.9. The van der Waals surface area contributed by atoms with Gasteiger partial charge in [-0.3, -0.25) is 20.1 Å². The number of benzene rings is 2. The quantitative estimate of drug-likeness (QED) is 0.167. The van der Waals surface area contributed by atoms with Crippen LogP contribution in [0.25, 0.3) is 10.9 Å². The van der Waals surface area contributed by atoms with Crippen LogP contribution in [-0.2, 0) is 25.8 Å². The number of pyridine rings is 1. The first-order valence-corrected chi connectivity index (χ1v) is 15.0. The minimum atomic E-state index is -4.21. The van der Waals surface area contributed by atoms with Gasteiger partial charge in [-0.1, -0.05) is 41.9 Å². The molecule has 3 heterocycles. The lowest BCUT2D eigenvalue weighted by molar-refractivity contribution is -0.145. The van der Waals surface area contributed by atoms with Gasteiger partial charge in [-0.05, 0) is 42.0 Å². The van der Waals surface area contributed by atoms with Crippen LogP contribution in [0, 0.1) is 5.41 Å². The third-order valence-corrected chi connectivity index (χ3v) is 9.39. The molecule has 4 aromatic rings. The summed E-state index contributed by atoms with van der Waals surface area (Å²) in [6, 6.07) is 17.3. The number of fused-ring (bicyclic) bond motifs is 1. The van der Waals surface area contributed by atoms with Crippen LogP contribution in [0.2, 0.25) is 5.02 Å². The summed E-state index contributed by atoms with van der Waals surface area (Å²) in [4.78, 5) is 34.6. The second-order valence-electron chi connectivity index (χ2n) is 10.1. The molecule has 1 saturated heterocycles. The number of carbonyl (C=O) groups is 2. The van der Waals surface area contributed by atoms with Crippen molar-refractivity contribution in [3.63, 3.8) is 0 Å². The molecular formula is C29H29ClN6O5S. The lowest BCUT2D eigenvalue weighted by atomic mass is 10.1. The molecular weight excluding hydrogens is 580 g/mol. The van der Waals surface area contributed by atoms with Gasteiger partial charge in [-0.2, -0.15) is 0 Å². The Labute approximate surface area is 247 Å². The molecule has 218 valence electrons. The molecule has 13 heteroatoms. The van der Waals surface area contributed by atoms with E-state index in [1.807, 2.05) is 18.2 Å². The summed E-state index contributed by atoms with van der Waals surface area (Å²) in [6.45, 7) is 0.0247. The summed E-state index contributed by atoms with van der Waals surface area (Å²) < 4.78 is 28.4. The van der Waals surface area contributed by atoms with Gasteiger partial charge in [0.2, 0.25) is 15.7 Å². The SMILES string of the molecule is CN(CCc1ccccn1)C(=N)c1ccc(C(N2CC(=O)N[C@@H](C(=O)O)C2)S(=O)(=O)c2cc3cc(Cl)ccc3[nH]2)cc1. The maximum atomic E-state index is 14.2. The Morgan fingerprint density at radius 3 is 2.64 bits per heavy atom. The average molecular weight is 609 g/mol. The second-order valence-corrected chi connectivity index (χ2v) is 12.5. The number of likely N-dealkylation sites (N-methyl/N-ethyl adjacent to an activating group) is 1. The van der Waals surface area contributed by atoms with Crippen molar-refractivity contribution in [2.45, 2.75) is 22.9 Å². The number of amidine groups is 1. The van der Waals surface area contributed by atoms with Gasteiger partial charge in [0.15, 0.2) is 0 Å². The zero-order chi connectivity index (χ0) is 30.0. The van der Waals surface area contributed by atoms with Crippen molar-refractivity contribution in [3.8, 4) is 0 Å². The highest BCUT2D eigenvalue weighted by atomic mass is 35.5. The molecule has 0 spiro atoms. The fourth-order valence-corrected chi connectivity index (χ4v) is 7.02. The fraction of sp³-hybridized carbons (Fsp3) is 0.241. The van der Waals surface area contributed by atoms with Crippen LogP contribution in [0.15, 0.2) is 78.0 Å². The lowest BCUT2D eigenvalue weighted by Gasteiger charge is -2.36. The van der Waals surface area contributed by atoms with E-state index >= 15 is 0 Å². The number of carboxylic acid groups (broad SMARTS) is 1. The molecule has 1 aliphatic heterocycles. The number of aromatic amines is 1. The van der Waals surface area contributed by atoms with Gasteiger partial charge in [0, 0.05) is 59.9 Å². The third-order valence-electron chi connectivity index (χ3n) is 7.17. The summed E-state index contributed by atoms with van der Waals surface area (Å²) >= 11 is 6.10. The molecule has 0 bridgehead atoms. The van der Waals surface area contributed by atoms with E-state index in [-0.39, 0.29) is 24.0 Å². The summed E-state index contributed by atoms with van der Waals surface area (Å²) in [5.74, 6) is -1.61. The first-order chi connectivity index (χ1) is 20.0. The van der Waals surface area contributed by atoms with Gasteiger partial charge >= 0.3 is 5.97 Å². The minimum absolute atomic E-state index is 0.0892. The van der Waals surface area contributed by atoms with Gasteiger partial charge in [0.1, 0.15) is 22.3 Å². The maximum Gasteiger partial charge on any atom is 0.327 e. The number of sulfone groups is 1. The largest absolute Gasteiger partial charge is 0.480 e. The number of nitrogens with zero attached hydrogens (tertiary/aromatic N) is 3. The highest BCUT2D eigenvalue weighted by Crippen LogP contribution is 2.35.